The molecule has 2 aromatic carbocycles. The third-order valence-corrected chi connectivity index (χ3v) is 8.10. The number of benzene rings is 2. The van der Waals surface area contributed by atoms with E-state index in [9.17, 15) is 17.6 Å². The summed E-state index contributed by atoms with van der Waals surface area (Å²) >= 11 is 13.7. The van der Waals surface area contributed by atoms with Gasteiger partial charge in [-0.15, -0.1) is 0 Å². The Morgan fingerprint density at radius 1 is 1.10 bits per heavy atom. The van der Waals surface area contributed by atoms with Crippen molar-refractivity contribution in [3.63, 3.8) is 0 Å². The van der Waals surface area contributed by atoms with E-state index in [1.165, 1.54) is 12.3 Å². The molecule has 0 spiro atoms. The number of halogens is 3. The number of sulfone groups is 1. The zero-order valence-electron chi connectivity index (χ0n) is 15.4. The number of thioether (sulfide) groups is 1. The van der Waals surface area contributed by atoms with Crippen LogP contribution in [0.25, 0.3) is 10.9 Å². The molecule has 3 aromatic rings. The van der Waals surface area contributed by atoms with E-state index in [1.54, 1.807) is 28.8 Å². The van der Waals surface area contributed by atoms with Gasteiger partial charge in [-0.05, 0) is 36.4 Å². The molecule has 1 aromatic heterocycles. The molecule has 0 atom stereocenters. The number of rotatable bonds is 3. The van der Waals surface area contributed by atoms with Crippen LogP contribution >= 0.6 is 35.0 Å². The molecule has 1 aliphatic rings. The maximum absolute atomic E-state index is 13.6. The van der Waals surface area contributed by atoms with E-state index in [1.807, 2.05) is 0 Å². The van der Waals surface area contributed by atoms with Crippen LogP contribution in [-0.2, 0) is 9.84 Å². The number of fused-ring (bicyclic) bond motifs is 1. The van der Waals surface area contributed by atoms with Crippen LogP contribution in [0.1, 0.15) is 10.4 Å². The lowest BCUT2D eigenvalue weighted by Crippen LogP contribution is -2.38. The van der Waals surface area contributed by atoms with Crippen LogP contribution in [0.2, 0.25) is 10.0 Å². The Morgan fingerprint density at radius 3 is 2.53 bits per heavy atom. The molecule has 1 aliphatic heterocycles. The first-order valence-corrected chi connectivity index (χ1v) is 12.3. The predicted molar refractivity (Wildman–Crippen MR) is 117 cm³/mol. The zero-order valence-corrected chi connectivity index (χ0v) is 18.6. The lowest BCUT2D eigenvalue weighted by molar-refractivity contribution is 0.0768. The maximum Gasteiger partial charge on any atom is 0.256 e. The van der Waals surface area contributed by atoms with Gasteiger partial charge in [0.15, 0.2) is 0 Å². The topological polar surface area (TPSA) is 67.3 Å². The van der Waals surface area contributed by atoms with E-state index >= 15 is 0 Å². The number of hydrogen-bond donors (Lipinski definition) is 0. The summed E-state index contributed by atoms with van der Waals surface area (Å²) in [7, 11) is -4.24. The fourth-order valence-electron chi connectivity index (χ4n) is 3.28. The molecule has 0 bridgehead atoms. The van der Waals surface area contributed by atoms with Crippen LogP contribution in [0.3, 0.4) is 0 Å². The monoisotopic (exact) mass is 484 g/mol. The van der Waals surface area contributed by atoms with E-state index < -0.39 is 21.6 Å². The second-order valence-electron chi connectivity index (χ2n) is 6.65. The highest BCUT2D eigenvalue weighted by Crippen LogP contribution is 2.34. The van der Waals surface area contributed by atoms with E-state index in [0.717, 1.165) is 29.7 Å². The van der Waals surface area contributed by atoms with Gasteiger partial charge in [-0.25, -0.2) is 12.8 Å². The fraction of sp³-hybridized carbons (Fsp3) is 0.200. The van der Waals surface area contributed by atoms with Crippen LogP contribution in [0.4, 0.5) is 4.39 Å². The normalized spacial score (nSPS) is 14.8. The molecule has 5 nitrogen and oxygen atoms in total. The average molecular weight is 485 g/mol. The van der Waals surface area contributed by atoms with Crippen molar-refractivity contribution in [1.82, 2.24) is 9.88 Å². The van der Waals surface area contributed by atoms with Crippen molar-refractivity contribution in [3.05, 3.63) is 64.0 Å². The van der Waals surface area contributed by atoms with Gasteiger partial charge in [0.05, 0.1) is 25.9 Å². The largest absolute Gasteiger partial charge is 0.337 e. The molecule has 0 N–H and O–H groups in total. The number of carbonyl (C=O) groups is 1. The smallest absolute Gasteiger partial charge is 0.256 e. The molecule has 0 saturated carbocycles. The second kappa shape index (κ2) is 8.34. The Hall–Kier alpha value is -1.87. The van der Waals surface area contributed by atoms with Crippen LogP contribution in [-0.4, -0.2) is 48.8 Å². The summed E-state index contributed by atoms with van der Waals surface area (Å²) in [6.07, 6.45) is 1.28. The van der Waals surface area contributed by atoms with Gasteiger partial charge in [0.25, 0.3) is 5.91 Å². The standard InChI is InChI=1S/C20H15Cl2FN2O3S2/c21-12-1-4-18-14(9-12)19(30(27,28)13-2-3-17(23)16(22)10-13)15(11-24-18)20(26)25-5-7-29-8-6-25/h1-4,9-11H,5-8H2. The van der Waals surface area contributed by atoms with Gasteiger partial charge >= 0.3 is 0 Å². The molecular weight excluding hydrogens is 470 g/mol. The Morgan fingerprint density at radius 2 is 1.83 bits per heavy atom. The van der Waals surface area contributed by atoms with Gasteiger partial charge in [0, 0.05) is 41.2 Å². The molecule has 2 heterocycles. The van der Waals surface area contributed by atoms with E-state index in [-0.39, 0.29) is 25.8 Å². The molecule has 0 radical (unpaired) electrons. The molecule has 0 aliphatic carbocycles. The number of pyridine rings is 1. The van der Waals surface area contributed by atoms with Crippen LogP contribution < -0.4 is 0 Å². The predicted octanol–water partition coefficient (Wildman–Crippen LogP) is 4.70. The summed E-state index contributed by atoms with van der Waals surface area (Å²) in [5, 5.41) is 0.199. The first-order valence-electron chi connectivity index (χ1n) is 8.94. The first kappa shape index (κ1) is 21.4. The maximum atomic E-state index is 13.6. The number of amides is 1. The lowest BCUT2D eigenvalue weighted by atomic mass is 10.1. The Bertz CT molecular complexity index is 1260. The molecule has 156 valence electrons. The third-order valence-electron chi connectivity index (χ3n) is 4.78. The van der Waals surface area contributed by atoms with Crippen molar-refractivity contribution in [1.29, 1.82) is 0 Å². The number of nitrogens with zero attached hydrogens (tertiary/aromatic N) is 2. The van der Waals surface area contributed by atoms with Crippen LogP contribution in [0.15, 0.2) is 52.4 Å². The van der Waals surface area contributed by atoms with E-state index in [0.29, 0.717) is 23.6 Å². The minimum atomic E-state index is -4.24. The third kappa shape index (κ3) is 3.89. The molecule has 1 saturated heterocycles. The first-order chi connectivity index (χ1) is 14.3. The molecule has 1 amide bonds. The Balaban J connectivity index is 1.98. The molecular formula is C20H15Cl2FN2O3S2. The van der Waals surface area contributed by atoms with Gasteiger partial charge in [-0.2, -0.15) is 11.8 Å². The van der Waals surface area contributed by atoms with Gasteiger partial charge in [0.1, 0.15) is 5.82 Å². The number of hydrogen-bond acceptors (Lipinski definition) is 5. The Labute approximate surface area is 187 Å². The van der Waals surface area contributed by atoms with Crippen molar-refractivity contribution in [2.75, 3.05) is 24.6 Å². The highest BCUT2D eigenvalue weighted by atomic mass is 35.5. The van der Waals surface area contributed by atoms with Crippen LogP contribution in [0.5, 0.6) is 0 Å². The van der Waals surface area contributed by atoms with Crippen LogP contribution in [0, 0.1) is 5.82 Å². The van der Waals surface area contributed by atoms with Gasteiger partial charge in [-0.1, -0.05) is 23.2 Å². The summed E-state index contributed by atoms with van der Waals surface area (Å²) in [4.78, 5) is 18.7. The summed E-state index contributed by atoms with van der Waals surface area (Å²) in [6, 6.07) is 7.78. The number of aromatic nitrogens is 1. The van der Waals surface area contributed by atoms with Crippen molar-refractivity contribution >= 4 is 61.6 Å². The SMILES string of the molecule is O=C(c1cnc2ccc(Cl)cc2c1S(=O)(=O)c1ccc(F)c(Cl)c1)N1CCSCC1. The highest BCUT2D eigenvalue weighted by molar-refractivity contribution is 7.99. The fourth-order valence-corrected chi connectivity index (χ4v) is 6.24. The number of carbonyl (C=O) groups excluding carboxylic acids is 1. The van der Waals surface area contributed by atoms with E-state index in [4.69, 9.17) is 23.2 Å². The molecule has 4 rings (SSSR count). The van der Waals surface area contributed by atoms with Crippen molar-refractivity contribution < 1.29 is 17.6 Å². The molecule has 10 heteroatoms. The van der Waals surface area contributed by atoms with Crippen molar-refractivity contribution in [3.8, 4) is 0 Å². The van der Waals surface area contributed by atoms with Gasteiger partial charge in [0.2, 0.25) is 9.84 Å². The molecule has 0 unspecified atom stereocenters. The minimum absolute atomic E-state index is 0.0443. The lowest BCUT2D eigenvalue weighted by Gasteiger charge is -2.27. The Kier molecular flexibility index (Phi) is 5.94. The zero-order chi connectivity index (χ0) is 21.5. The molecule has 30 heavy (non-hydrogen) atoms. The average Bonchev–Trinajstić information content (AvgIpc) is 2.74. The molecule has 1 fully saturated rings. The van der Waals surface area contributed by atoms with Gasteiger partial charge in [-0.3, -0.25) is 9.78 Å². The van der Waals surface area contributed by atoms with Crippen molar-refractivity contribution in [2.24, 2.45) is 0 Å². The summed E-state index contributed by atoms with van der Waals surface area (Å²) < 4.78 is 40.8. The second-order valence-corrected chi connectivity index (χ2v) is 10.6. The quantitative estimate of drug-likeness (QED) is 0.503. The minimum Gasteiger partial charge on any atom is -0.337 e. The van der Waals surface area contributed by atoms with Crippen molar-refractivity contribution in [2.45, 2.75) is 9.79 Å². The summed E-state index contributed by atoms with van der Waals surface area (Å²) in [5.41, 5.74) is 0.328. The van der Waals surface area contributed by atoms with E-state index in [2.05, 4.69) is 4.98 Å². The van der Waals surface area contributed by atoms with Gasteiger partial charge < -0.3 is 4.90 Å². The summed E-state index contributed by atoms with van der Waals surface area (Å²) in [5.74, 6) is 0.388. The highest BCUT2D eigenvalue weighted by Gasteiger charge is 2.31. The summed E-state index contributed by atoms with van der Waals surface area (Å²) in [6.45, 7) is 1.03.